The van der Waals surface area contributed by atoms with Crippen molar-refractivity contribution in [2.24, 2.45) is 0 Å². The van der Waals surface area contributed by atoms with E-state index in [2.05, 4.69) is 0 Å². The van der Waals surface area contributed by atoms with E-state index in [-0.39, 0.29) is 5.78 Å². The van der Waals surface area contributed by atoms with Crippen molar-refractivity contribution in [1.82, 2.24) is 0 Å². The van der Waals surface area contributed by atoms with E-state index < -0.39 is 11.6 Å². The van der Waals surface area contributed by atoms with Crippen LogP contribution in [-0.4, -0.2) is 31.4 Å². The molecule has 0 unspecified atom stereocenters. The second-order valence-corrected chi connectivity index (χ2v) is 4.88. The summed E-state index contributed by atoms with van der Waals surface area (Å²) in [5.41, 5.74) is 0.323. The highest BCUT2D eigenvalue weighted by Crippen LogP contribution is 2.21. The van der Waals surface area contributed by atoms with Crippen LogP contribution in [0.3, 0.4) is 0 Å². The molecule has 0 saturated heterocycles. The van der Waals surface area contributed by atoms with Crippen LogP contribution in [0.15, 0.2) is 24.3 Å². The molecule has 0 radical (unpaired) electrons. The summed E-state index contributed by atoms with van der Waals surface area (Å²) < 4.78 is 5.05. The number of esters is 1. The lowest BCUT2D eigenvalue weighted by Crippen LogP contribution is -2.36. The van der Waals surface area contributed by atoms with Gasteiger partial charge in [0.1, 0.15) is 0 Å². The number of nitrogens with zero attached hydrogens (tertiary/aromatic N) is 1. The van der Waals surface area contributed by atoms with E-state index in [1.807, 2.05) is 31.1 Å². The summed E-state index contributed by atoms with van der Waals surface area (Å²) in [6.07, 6.45) is 0. The summed E-state index contributed by atoms with van der Waals surface area (Å²) in [6.45, 7) is 4.49. The molecule has 0 atom stereocenters. The van der Waals surface area contributed by atoms with Crippen molar-refractivity contribution in [3.05, 3.63) is 29.8 Å². The van der Waals surface area contributed by atoms with Gasteiger partial charge in [-0.15, -0.1) is 0 Å². The average molecular weight is 249 g/mol. The van der Waals surface area contributed by atoms with Gasteiger partial charge in [0.05, 0.1) is 0 Å². The fourth-order valence-electron chi connectivity index (χ4n) is 1.68. The first-order chi connectivity index (χ1) is 8.24. The maximum Gasteiger partial charge on any atom is 0.303 e. The molecule has 4 heteroatoms. The minimum Gasteiger partial charge on any atom is -0.451 e. The van der Waals surface area contributed by atoms with Gasteiger partial charge in [-0.1, -0.05) is 12.1 Å². The quantitative estimate of drug-likeness (QED) is 0.606. The molecule has 1 rings (SSSR count). The molecule has 1 aromatic carbocycles. The molecule has 0 heterocycles. The zero-order valence-corrected chi connectivity index (χ0v) is 11.5. The highest BCUT2D eigenvalue weighted by molar-refractivity contribution is 6.03. The van der Waals surface area contributed by atoms with Crippen LogP contribution in [-0.2, 0) is 9.53 Å². The number of carbonyl (C=O) groups excluding carboxylic acids is 2. The van der Waals surface area contributed by atoms with Crippen molar-refractivity contribution in [1.29, 1.82) is 0 Å². The maximum atomic E-state index is 12.3. The summed E-state index contributed by atoms with van der Waals surface area (Å²) in [5.74, 6) is -0.668. The lowest BCUT2D eigenvalue weighted by molar-refractivity contribution is -0.149. The number of benzene rings is 1. The predicted molar refractivity (Wildman–Crippen MR) is 70.9 cm³/mol. The van der Waals surface area contributed by atoms with E-state index in [1.54, 1.807) is 26.0 Å². The molecule has 0 aliphatic rings. The fraction of sp³-hybridized carbons (Fsp3) is 0.429. The second kappa shape index (κ2) is 5.21. The number of hydrogen-bond acceptors (Lipinski definition) is 4. The average Bonchev–Trinajstić information content (AvgIpc) is 2.26. The van der Waals surface area contributed by atoms with Gasteiger partial charge in [0.25, 0.3) is 0 Å². The number of hydrogen-bond donors (Lipinski definition) is 0. The molecule has 0 bridgehead atoms. The lowest BCUT2D eigenvalue weighted by Gasteiger charge is -2.23. The van der Waals surface area contributed by atoms with Gasteiger partial charge >= 0.3 is 5.97 Å². The minimum atomic E-state index is -1.14. The van der Waals surface area contributed by atoms with E-state index in [0.717, 1.165) is 5.69 Å². The molecule has 0 saturated carbocycles. The molecular weight excluding hydrogens is 230 g/mol. The molecular formula is C14H19NO3. The molecule has 18 heavy (non-hydrogen) atoms. The van der Waals surface area contributed by atoms with Crippen LogP contribution in [0.25, 0.3) is 0 Å². The molecule has 0 fully saturated rings. The Morgan fingerprint density at radius 2 is 1.83 bits per heavy atom. The number of anilines is 1. The maximum absolute atomic E-state index is 12.3. The molecule has 0 spiro atoms. The van der Waals surface area contributed by atoms with E-state index in [0.29, 0.717) is 5.56 Å². The number of rotatable bonds is 4. The number of ketones is 1. The monoisotopic (exact) mass is 249 g/mol. The Morgan fingerprint density at radius 1 is 1.22 bits per heavy atom. The second-order valence-electron chi connectivity index (χ2n) is 4.88. The predicted octanol–water partition coefficient (Wildman–Crippen LogP) is 2.28. The normalized spacial score (nSPS) is 10.9. The van der Waals surface area contributed by atoms with Crippen molar-refractivity contribution in [2.45, 2.75) is 26.4 Å². The summed E-state index contributed by atoms with van der Waals surface area (Å²) in [7, 11) is 3.81. The molecule has 0 aliphatic carbocycles. The Hall–Kier alpha value is -1.84. The van der Waals surface area contributed by atoms with Gasteiger partial charge in [0.2, 0.25) is 5.78 Å². The van der Waals surface area contributed by atoms with Gasteiger partial charge in [0.15, 0.2) is 5.60 Å². The van der Waals surface area contributed by atoms with Crippen molar-refractivity contribution in [3.8, 4) is 0 Å². The van der Waals surface area contributed by atoms with Gasteiger partial charge in [-0.3, -0.25) is 9.59 Å². The highest BCUT2D eigenvalue weighted by atomic mass is 16.6. The molecule has 98 valence electrons. The summed E-state index contributed by atoms with van der Waals surface area (Å²) >= 11 is 0. The van der Waals surface area contributed by atoms with Crippen LogP contribution >= 0.6 is 0 Å². The third-order valence-corrected chi connectivity index (χ3v) is 2.57. The van der Waals surface area contributed by atoms with Gasteiger partial charge in [0, 0.05) is 32.3 Å². The van der Waals surface area contributed by atoms with Crippen LogP contribution < -0.4 is 4.90 Å². The third-order valence-electron chi connectivity index (χ3n) is 2.57. The van der Waals surface area contributed by atoms with Crippen LogP contribution in [0.2, 0.25) is 0 Å². The van der Waals surface area contributed by atoms with Gasteiger partial charge in [-0.25, -0.2) is 0 Å². The number of carbonyl (C=O) groups is 2. The van der Waals surface area contributed by atoms with Crippen LogP contribution in [0, 0.1) is 0 Å². The highest BCUT2D eigenvalue weighted by Gasteiger charge is 2.31. The standard InChI is InChI=1S/C14H19NO3/c1-10(16)18-14(2,3)13(17)11-7-6-8-12(9-11)15(4)5/h6-9H,1-5H3. The smallest absolute Gasteiger partial charge is 0.303 e. The number of Topliss-reactive ketones (excluding diaryl/α,β-unsaturated/α-hetero) is 1. The Labute approximate surface area is 108 Å². The van der Waals surface area contributed by atoms with Crippen molar-refractivity contribution < 1.29 is 14.3 Å². The van der Waals surface area contributed by atoms with Crippen LogP contribution in [0.1, 0.15) is 31.1 Å². The van der Waals surface area contributed by atoms with Crippen LogP contribution in [0.5, 0.6) is 0 Å². The van der Waals surface area contributed by atoms with Gasteiger partial charge < -0.3 is 9.64 Å². The van der Waals surface area contributed by atoms with Crippen molar-refractivity contribution >= 4 is 17.4 Å². The summed E-state index contributed by atoms with van der Waals surface area (Å²) in [4.78, 5) is 25.2. The SMILES string of the molecule is CC(=O)OC(C)(C)C(=O)c1cccc(N(C)C)c1. The Kier molecular flexibility index (Phi) is 4.11. The first-order valence-corrected chi connectivity index (χ1v) is 5.76. The van der Waals surface area contributed by atoms with E-state index in [9.17, 15) is 9.59 Å². The lowest BCUT2D eigenvalue weighted by atomic mass is 9.96. The third kappa shape index (κ3) is 3.32. The zero-order chi connectivity index (χ0) is 13.9. The Balaban J connectivity index is 3.03. The first kappa shape index (κ1) is 14.2. The Bertz CT molecular complexity index is 464. The zero-order valence-electron chi connectivity index (χ0n) is 11.5. The fourth-order valence-corrected chi connectivity index (χ4v) is 1.68. The van der Waals surface area contributed by atoms with E-state index >= 15 is 0 Å². The molecule has 0 N–H and O–H groups in total. The minimum absolute atomic E-state index is 0.207. The molecule has 0 amide bonds. The summed E-state index contributed by atoms with van der Waals surface area (Å²) in [6, 6.07) is 7.23. The summed E-state index contributed by atoms with van der Waals surface area (Å²) in [5, 5.41) is 0. The molecule has 1 aromatic rings. The number of ether oxygens (including phenoxy) is 1. The van der Waals surface area contributed by atoms with Gasteiger partial charge in [-0.05, 0) is 26.0 Å². The molecule has 0 aliphatic heterocycles. The Morgan fingerprint density at radius 3 is 2.33 bits per heavy atom. The van der Waals surface area contributed by atoms with Gasteiger partial charge in [-0.2, -0.15) is 0 Å². The van der Waals surface area contributed by atoms with E-state index in [4.69, 9.17) is 4.74 Å². The molecule has 4 nitrogen and oxygen atoms in total. The van der Waals surface area contributed by atoms with Crippen molar-refractivity contribution in [3.63, 3.8) is 0 Å². The topological polar surface area (TPSA) is 46.6 Å². The van der Waals surface area contributed by atoms with Crippen molar-refractivity contribution in [2.75, 3.05) is 19.0 Å². The first-order valence-electron chi connectivity index (χ1n) is 5.76. The largest absolute Gasteiger partial charge is 0.451 e. The van der Waals surface area contributed by atoms with E-state index in [1.165, 1.54) is 6.92 Å². The van der Waals surface area contributed by atoms with Crippen LogP contribution in [0.4, 0.5) is 5.69 Å². The molecule has 0 aromatic heterocycles.